The molecule has 0 aliphatic rings. The molecule has 102 valence electrons. The number of hydrogen-bond acceptors (Lipinski definition) is 2. The highest BCUT2D eigenvalue weighted by Gasteiger charge is 2.06. The molecule has 0 aromatic heterocycles. The summed E-state index contributed by atoms with van der Waals surface area (Å²) in [6, 6.07) is 20.5. The van der Waals surface area contributed by atoms with Crippen LogP contribution in [0.5, 0.6) is 0 Å². The van der Waals surface area contributed by atoms with E-state index in [-0.39, 0.29) is 0 Å². The zero-order valence-electron chi connectivity index (χ0n) is 11.7. The van der Waals surface area contributed by atoms with Gasteiger partial charge in [-0.1, -0.05) is 49.6 Å². The van der Waals surface area contributed by atoms with Crippen LogP contribution in [0.25, 0.3) is 0 Å². The summed E-state index contributed by atoms with van der Waals surface area (Å²) in [5.41, 5.74) is 2.30. The van der Waals surface area contributed by atoms with E-state index in [9.17, 15) is 0 Å². The molecule has 20 heavy (non-hydrogen) atoms. The van der Waals surface area contributed by atoms with Crippen molar-refractivity contribution >= 4 is 11.4 Å². The molecule has 2 heteroatoms. The largest absolute Gasteiger partial charge is 0.347 e. The fraction of sp³-hybridized carbons (Fsp3) is 0.111. The molecule has 0 saturated carbocycles. The number of para-hydroxylation sites is 2. The second-order valence-electron chi connectivity index (χ2n) is 4.42. The van der Waals surface area contributed by atoms with Crippen molar-refractivity contribution in [2.24, 2.45) is 0 Å². The van der Waals surface area contributed by atoms with E-state index in [1.807, 2.05) is 48.8 Å². The predicted molar refractivity (Wildman–Crippen MR) is 88.0 cm³/mol. The average molecular weight is 264 g/mol. The van der Waals surface area contributed by atoms with Gasteiger partial charge in [0.25, 0.3) is 0 Å². The lowest BCUT2D eigenvalue weighted by Gasteiger charge is -2.25. The molecule has 2 aromatic carbocycles. The lowest BCUT2D eigenvalue weighted by Crippen LogP contribution is -2.29. The Morgan fingerprint density at radius 1 is 0.650 bits per heavy atom. The van der Waals surface area contributed by atoms with Crippen LogP contribution in [0.1, 0.15) is 0 Å². The normalized spacial score (nSPS) is 9.80. The van der Waals surface area contributed by atoms with Crippen LogP contribution >= 0.6 is 0 Å². The van der Waals surface area contributed by atoms with Crippen LogP contribution in [0.3, 0.4) is 0 Å². The Morgan fingerprint density at radius 3 is 1.30 bits per heavy atom. The van der Waals surface area contributed by atoms with Gasteiger partial charge in [0.1, 0.15) is 0 Å². The first-order valence-corrected chi connectivity index (χ1v) is 6.73. The lowest BCUT2D eigenvalue weighted by molar-refractivity contribution is 0.879. The molecule has 0 amide bonds. The molecule has 0 heterocycles. The van der Waals surface area contributed by atoms with Gasteiger partial charge in [-0.15, -0.1) is 0 Å². The van der Waals surface area contributed by atoms with Gasteiger partial charge in [0.2, 0.25) is 0 Å². The van der Waals surface area contributed by atoms with Crippen LogP contribution in [0.2, 0.25) is 0 Å². The Labute approximate surface area is 121 Å². The summed E-state index contributed by atoms with van der Waals surface area (Å²) >= 11 is 0. The first kappa shape index (κ1) is 13.9. The number of nitrogens with zero attached hydrogens (tertiary/aromatic N) is 2. The molecule has 2 aromatic rings. The smallest absolute Gasteiger partial charge is 0.0406 e. The van der Waals surface area contributed by atoms with Crippen molar-refractivity contribution < 1.29 is 0 Å². The Hall–Kier alpha value is -2.48. The van der Waals surface area contributed by atoms with Crippen molar-refractivity contribution in [1.29, 1.82) is 0 Å². The Morgan fingerprint density at radius 2 is 1.00 bits per heavy atom. The van der Waals surface area contributed by atoms with Crippen molar-refractivity contribution in [1.82, 2.24) is 0 Å². The summed E-state index contributed by atoms with van der Waals surface area (Å²) in [5.74, 6) is 0. The molecule has 0 fully saturated rings. The maximum atomic E-state index is 3.90. The lowest BCUT2D eigenvalue weighted by atomic mass is 10.2. The molecule has 0 atom stereocenters. The maximum absolute atomic E-state index is 3.90. The van der Waals surface area contributed by atoms with Crippen LogP contribution < -0.4 is 9.80 Å². The Bertz CT molecular complexity index is 482. The minimum atomic E-state index is 0.856. The van der Waals surface area contributed by atoms with Crippen molar-refractivity contribution in [2.75, 3.05) is 22.9 Å². The first-order chi connectivity index (χ1) is 9.85. The second kappa shape index (κ2) is 7.19. The third-order valence-electron chi connectivity index (χ3n) is 3.20. The van der Waals surface area contributed by atoms with E-state index in [0.717, 1.165) is 24.5 Å². The molecular weight excluding hydrogens is 244 g/mol. The summed E-state index contributed by atoms with van der Waals surface area (Å²) in [7, 11) is 0. The number of rotatable bonds is 7. The van der Waals surface area contributed by atoms with Crippen molar-refractivity contribution in [2.45, 2.75) is 0 Å². The molecule has 2 nitrogen and oxygen atoms in total. The van der Waals surface area contributed by atoms with Crippen LogP contribution in [0.15, 0.2) is 86.2 Å². The van der Waals surface area contributed by atoms with Gasteiger partial charge < -0.3 is 9.80 Å². The van der Waals surface area contributed by atoms with Gasteiger partial charge in [0, 0.05) is 24.5 Å². The van der Waals surface area contributed by atoms with E-state index >= 15 is 0 Å². The molecule has 0 unspecified atom stereocenters. The van der Waals surface area contributed by atoms with Gasteiger partial charge in [-0.25, -0.2) is 0 Å². The first-order valence-electron chi connectivity index (χ1n) is 6.73. The van der Waals surface area contributed by atoms with Gasteiger partial charge >= 0.3 is 0 Å². The quantitative estimate of drug-likeness (QED) is 0.736. The third-order valence-corrected chi connectivity index (χ3v) is 3.20. The highest BCUT2D eigenvalue weighted by molar-refractivity contribution is 5.51. The van der Waals surface area contributed by atoms with Gasteiger partial charge in [-0.2, -0.15) is 0 Å². The fourth-order valence-corrected chi connectivity index (χ4v) is 2.11. The summed E-state index contributed by atoms with van der Waals surface area (Å²) in [5, 5.41) is 0. The van der Waals surface area contributed by atoms with Crippen LogP contribution in [0, 0.1) is 0 Å². The molecule has 0 spiro atoms. The van der Waals surface area contributed by atoms with Gasteiger partial charge in [-0.3, -0.25) is 0 Å². The number of benzene rings is 2. The van der Waals surface area contributed by atoms with Gasteiger partial charge in [-0.05, 0) is 36.7 Å². The molecule has 2 rings (SSSR count). The topological polar surface area (TPSA) is 6.48 Å². The molecule has 0 N–H and O–H groups in total. The van der Waals surface area contributed by atoms with Crippen LogP contribution in [-0.4, -0.2) is 13.1 Å². The molecule has 0 aliphatic carbocycles. The third kappa shape index (κ3) is 3.51. The van der Waals surface area contributed by atoms with E-state index in [1.54, 1.807) is 0 Å². The van der Waals surface area contributed by atoms with E-state index < -0.39 is 0 Å². The maximum Gasteiger partial charge on any atom is 0.0406 e. The van der Waals surface area contributed by atoms with Crippen molar-refractivity contribution in [3.8, 4) is 0 Å². The zero-order chi connectivity index (χ0) is 14.2. The molecule has 0 radical (unpaired) electrons. The summed E-state index contributed by atoms with van der Waals surface area (Å²) < 4.78 is 0. The Balaban J connectivity index is 2.02. The van der Waals surface area contributed by atoms with E-state index in [2.05, 4.69) is 47.2 Å². The van der Waals surface area contributed by atoms with Crippen molar-refractivity contribution in [3.05, 3.63) is 86.2 Å². The highest BCUT2D eigenvalue weighted by Crippen LogP contribution is 2.16. The standard InChI is InChI=1S/C18H20N2/c1-3-19(17-11-7-5-8-12-17)15-16-20(4-2)18-13-9-6-10-14-18/h3-14H,1-2,15-16H2. The summed E-state index contributed by atoms with van der Waals surface area (Å²) in [6.07, 6.45) is 3.73. The molecule has 0 bridgehead atoms. The average Bonchev–Trinajstić information content (AvgIpc) is 2.53. The van der Waals surface area contributed by atoms with E-state index in [1.165, 1.54) is 0 Å². The highest BCUT2D eigenvalue weighted by atomic mass is 15.2. The second-order valence-corrected chi connectivity index (χ2v) is 4.42. The van der Waals surface area contributed by atoms with Gasteiger partial charge in [0.15, 0.2) is 0 Å². The minimum Gasteiger partial charge on any atom is -0.347 e. The molecular formula is C18H20N2. The van der Waals surface area contributed by atoms with E-state index in [0.29, 0.717) is 0 Å². The summed E-state index contributed by atoms with van der Waals surface area (Å²) in [6.45, 7) is 9.50. The zero-order valence-corrected chi connectivity index (χ0v) is 11.7. The van der Waals surface area contributed by atoms with Crippen LogP contribution in [0.4, 0.5) is 11.4 Å². The minimum absolute atomic E-state index is 0.856. The fourth-order valence-electron chi connectivity index (χ4n) is 2.11. The summed E-state index contributed by atoms with van der Waals surface area (Å²) in [4.78, 5) is 4.28. The van der Waals surface area contributed by atoms with Gasteiger partial charge in [0.05, 0.1) is 0 Å². The number of anilines is 2. The molecule has 0 saturated heterocycles. The molecule has 0 aliphatic heterocycles. The predicted octanol–water partition coefficient (Wildman–Crippen LogP) is 4.29. The monoisotopic (exact) mass is 264 g/mol. The SMILES string of the molecule is C=CN(CCN(C=C)c1ccccc1)c1ccccc1. The Kier molecular flexibility index (Phi) is 5.01. The van der Waals surface area contributed by atoms with Crippen LogP contribution in [-0.2, 0) is 0 Å². The van der Waals surface area contributed by atoms with Crippen molar-refractivity contribution in [3.63, 3.8) is 0 Å². The van der Waals surface area contributed by atoms with E-state index in [4.69, 9.17) is 0 Å². The number of hydrogen-bond donors (Lipinski definition) is 0.